The van der Waals surface area contributed by atoms with Crippen LogP contribution in [0.3, 0.4) is 0 Å². The number of nitrogens with zero attached hydrogens (tertiary/aromatic N) is 4. The van der Waals surface area contributed by atoms with Gasteiger partial charge < -0.3 is 15.2 Å². The lowest BCUT2D eigenvalue weighted by molar-refractivity contribution is -0.132. The summed E-state index contributed by atoms with van der Waals surface area (Å²) in [4.78, 5) is 24.9. The van der Waals surface area contributed by atoms with E-state index in [1.54, 1.807) is 15.8 Å². The zero-order valence-electron chi connectivity index (χ0n) is 10.8. The molecular weight excluding hydrogens is 266 g/mol. The molecule has 0 aliphatic carbocycles. The molecule has 0 bridgehead atoms. The molecule has 0 saturated carbocycles. The first-order chi connectivity index (χ1) is 9.08. The van der Waals surface area contributed by atoms with Gasteiger partial charge in [-0.25, -0.2) is 0 Å². The molecule has 0 unspecified atom stereocenters. The minimum Gasteiger partial charge on any atom is -0.369 e. The molecule has 2 rings (SSSR count). The second-order valence-electron chi connectivity index (χ2n) is 4.59. The fraction of sp³-hybridized carbons (Fsp3) is 0.636. The third-order valence-electron chi connectivity index (χ3n) is 3.17. The average Bonchev–Trinajstić information content (AvgIpc) is 2.81. The zero-order chi connectivity index (χ0) is 13.8. The largest absolute Gasteiger partial charge is 0.369 e. The number of hydrogen-bond acceptors (Lipinski definition) is 5. The first-order valence-electron chi connectivity index (χ1n) is 6.12. The van der Waals surface area contributed by atoms with Gasteiger partial charge in [0.25, 0.3) is 0 Å². The monoisotopic (exact) mass is 283 g/mol. The highest BCUT2D eigenvalue weighted by molar-refractivity contribution is 7.99. The Morgan fingerprint density at radius 2 is 2.37 bits per heavy atom. The number of piperidine rings is 1. The Kier molecular flexibility index (Phi) is 4.41. The van der Waals surface area contributed by atoms with Gasteiger partial charge in [-0.15, -0.1) is 10.2 Å². The smallest absolute Gasteiger partial charge is 0.233 e. The Morgan fingerprint density at radius 3 is 3.00 bits per heavy atom. The van der Waals surface area contributed by atoms with Crippen molar-refractivity contribution in [1.29, 1.82) is 0 Å². The minimum atomic E-state index is -0.321. The number of nitrogens with two attached hydrogens (primary N) is 1. The van der Waals surface area contributed by atoms with Gasteiger partial charge in [0.1, 0.15) is 6.33 Å². The molecule has 19 heavy (non-hydrogen) atoms. The number of primary amides is 1. The Bertz CT molecular complexity index is 475. The second kappa shape index (κ2) is 6.05. The van der Waals surface area contributed by atoms with E-state index >= 15 is 0 Å². The fourth-order valence-corrected chi connectivity index (χ4v) is 2.85. The Labute approximate surface area is 115 Å². The summed E-state index contributed by atoms with van der Waals surface area (Å²) in [5.74, 6) is -0.215. The van der Waals surface area contributed by atoms with Crippen LogP contribution in [-0.4, -0.2) is 50.3 Å². The molecule has 1 aromatic heterocycles. The van der Waals surface area contributed by atoms with Gasteiger partial charge in [-0.05, 0) is 12.8 Å². The number of likely N-dealkylation sites (tertiary alicyclic amines) is 1. The predicted octanol–water partition coefficient (Wildman–Crippen LogP) is -0.369. The first-order valence-corrected chi connectivity index (χ1v) is 7.10. The van der Waals surface area contributed by atoms with Crippen molar-refractivity contribution in [3.63, 3.8) is 0 Å². The van der Waals surface area contributed by atoms with Crippen molar-refractivity contribution in [3.8, 4) is 0 Å². The molecule has 7 nitrogen and oxygen atoms in total. The summed E-state index contributed by atoms with van der Waals surface area (Å²) in [5.41, 5.74) is 5.30. The van der Waals surface area contributed by atoms with Crippen LogP contribution in [0.15, 0.2) is 11.5 Å². The maximum absolute atomic E-state index is 12.1. The van der Waals surface area contributed by atoms with Crippen molar-refractivity contribution in [2.75, 3.05) is 18.8 Å². The number of carbonyl (C=O) groups excluding carboxylic acids is 2. The van der Waals surface area contributed by atoms with Gasteiger partial charge in [0.05, 0.1) is 11.7 Å². The van der Waals surface area contributed by atoms with Crippen LogP contribution >= 0.6 is 11.8 Å². The van der Waals surface area contributed by atoms with Gasteiger partial charge in [0.15, 0.2) is 5.16 Å². The number of carbonyl (C=O) groups is 2. The summed E-state index contributed by atoms with van der Waals surface area (Å²) in [7, 11) is 1.83. The fourth-order valence-electron chi connectivity index (χ4n) is 2.06. The number of amides is 2. The van der Waals surface area contributed by atoms with Crippen molar-refractivity contribution in [1.82, 2.24) is 19.7 Å². The summed E-state index contributed by atoms with van der Waals surface area (Å²) in [6.07, 6.45) is 3.19. The lowest BCUT2D eigenvalue weighted by atomic mass is 9.97. The van der Waals surface area contributed by atoms with Gasteiger partial charge in [0.2, 0.25) is 11.8 Å². The van der Waals surface area contributed by atoms with E-state index in [4.69, 9.17) is 5.73 Å². The maximum atomic E-state index is 12.1. The molecule has 2 N–H and O–H groups in total. The standard InChI is InChI=1S/C11H17N5O2S/c1-15-7-13-14-11(15)19-6-9(17)16-4-2-3-8(5-16)10(12)18/h7-8H,2-6H2,1H3,(H2,12,18)/t8-/m0/s1. The molecule has 2 amide bonds. The van der Waals surface area contributed by atoms with Crippen molar-refractivity contribution in [2.45, 2.75) is 18.0 Å². The van der Waals surface area contributed by atoms with Crippen LogP contribution in [-0.2, 0) is 16.6 Å². The average molecular weight is 283 g/mol. The molecule has 1 aliphatic heterocycles. The van der Waals surface area contributed by atoms with Crippen LogP contribution in [0.25, 0.3) is 0 Å². The van der Waals surface area contributed by atoms with Gasteiger partial charge in [-0.1, -0.05) is 11.8 Å². The number of thioether (sulfide) groups is 1. The van der Waals surface area contributed by atoms with Crippen LogP contribution in [0, 0.1) is 5.92 Å². The summed E-state index contributed by atoms with van der Waals surface area (Å²) in [6.45, 7) is 1.13. The van der Waals surface area contributed by atoms with E-state index in [2.05, 4.69) is 10.2 Å². The van der Waals surface area contributed by atoms with E-state index in [9.17, 15) is 9.59 Å². The summed E-state index contributed by atoms with van der Waals surface area (Å²) < 4.78 is 1.76. The van der Waals surface area contributed by atoms with E-state index in [1.807, 2.05) is 7.05 Å². The topological polar surface area (TPSA) is 94.1 Å². The van der Waals surface area contributed by atoms with E-state index in [0.29, 0.717) is 24.0 Å². The van der Waals surface area contributed by atoms with Crippen LogP contribution in [0.2, 0.25) is 0 Å². The Morgan fingerprint density at radius 1 is 1.58 bits per heavy atom. The van der Waals surface area contributed by atoms with Gasteiger partial charge in [0, 0.05) is 20.1 Å². The Balaban J connectivity index is 1.86. The quantitative estimate of drug-likeness (QED) is 0.761. The van der Waals surface area contributed by atoms with Gasteiger partial charge in [-0.3, -0.25) is 9.59 Å². The van der Waals surface area contributed by atoms with Crippen LogP contribution < -0.4 is 5.73 Å². The van der Waals surface area contributed by atoms with Crippen LogP contribution in [0.1, 0.15) is 12.8 Å². The molecular formula is C11H17N5O2S. The molecule has 1 aromatic rings. The maximum Gasteiger partial charge on any atom is 0.233 e. The van der Waals surface area contributed by atoms with Crippen molar-refractivity contribution < 1.29 is 9.59 Å². The van der Waals surface area contributed by atoms with E-state index in [0.717, 1.165) is 12.8 Å². The van der Waals surface area contributed by atoms with Gasteiger partial charge >= 0.3 is 0 Å². The molecule has 0 aromatic carbocycles. The van der Waals surface area contributed by atoms with Gasteiger partial charge in [-0.2, -0.15) is 0 Å². The predicted molar refractivity (Wildman–Crippen MR) is 70.2 cm³/mol. The van der Waals surface area contributed by atoms with Crippen LogP contribution in [0.5, 0.6) is 0 Å². The van der Waals surface area contributed by atoms with Crippen molar-refractivity contribution in [2.24, 2.45) is 18.7 Å². The number of hydrogen-bond donors (Lipinski definition) is 1. The van der Waals surface area contributed by atoms with E-state index in [1.165, 1.54) is 11.8 Å². The lowest BCUT2D eigenvalue weighted by Gasteiger charge is -2.31. The summed E-state index contributed by atoms with van der Waals surface area (Å²) in [6, 6.07) is 0. The van der Waals surface area contributed by atoms with Crippen molar-refractivity contribution in [3.05, 3.63) is 6.33 Å². The molecule has 1 atom stereocenters. The normalized spacial score (nSPS) is 19.4. The SMILES string of the molecule is Cn1cnnc1SCC(=O)N1CCC[C@H](C(N)=O)C1. The number of aryl methyl sites for hydroxylation is 1. The molecule has 2 heterocycles. The Hall–Kier alpha value is -1.57. The van der Waals surface area contributed by atoms with E-state index < -0.39 is 0 Å². The molecule has 104 valence electrons. The number of rotatable bonds is 4. The van der Waals surface area contributed by atoms with Crippen LogP contribution in [0.4, 0.5) is 0 Å². The first kappa shape index (κ1) is 13.9. The number of aromatic nitrogens is 3. The highest BCUT2D eigenvalue weighted by atomic mass is 32.2. The zero-order valence-corrected chi connectivity index (χ0v) is 11.6. The molecule has 1 fully saturated rings. The lowest BCUT2D eigenvalue weighted by Crippen LogP contribution is -2.44. The molecule has 0 radical (unpaired) electrons. The second-order valence-corrected chi connectivity index (χ2v) is 5.54. The van der Waals surface area contributed by atoms with Crippen molar-refractivity contribution >= 4 is 23.6 Å². The third kappa shape index (κ3) is 3.46. The summed E-state index contributed by atoms with van der Waals surface area (Å²) in [5, 5.41) is 8.37. The molecule has 1 aliphatic rings. The molecule has 0 spiro atoms. The summed E-state index contributed by atoms with van der Waals surface area (Å²) >= 11 is 1.35. The third-order valence-corrected chi connectivity index (χ3v) is 4.19. The molecule has 8 heteroatoms. The highest BCUT2D eigenvalue weighted by Gasteiger charge is 2.26. The van der Waals surface area contributed by atoms with E-state index in [-0.39, 0.29) is 17.7 Å². The minimum absolute atomic E-state index is 0.0129. The molecule has 1 saturated heterocycles. The highest BCUT2D eigenvalue weighted by Crippen LogP contribution is 2.19.